The number of para-hydroxylation sites is 2. The van der Waals surface area contributed by atoms with Gasteiger partial charge in [-0.1, -0.05) is 97.1 Å². The van der Waals surface area contributed by atoms with Gasteiger partial charge >= 0.3 is 0 Å². The molecule has 0 bridgehead atoms. The zero-order chi connectivity index (χ0) is 35.8. The largest absolute Gasteiger partial charge is 0.309 e. The fourth-order valence-electron chi connectivity index (χ4n) is 9.92. The Balaban J connectivity index is 1.23. The van der Waals surface area contributed by atoms with Gasteiger partial charge in [0.25, 0.3) is 0 Å². The van der Waals surface area contributed by atoms with E-state index in [2.05, 4.69) is 156 Å². The normalized spacial score (nSPS) is 12.4. The molecular weight excluding hydrogens is 667 g/mol. The van der Waals surface area contributed by atoms with Crippen molar-refractivity contribution in [2.45, 2.75) is 0 Å². The second-order valence-corrected chi connectivity index (χ2v) is 14.9. The lowest BCUT2D eigenvalue weighted by Gasteiger charge is -2.20. The van der Waals surface area contributed by atoms with E-state index in [-0.39, 0.29) is 0 Å². The summed E-state index contributed by atoms with van der Waals surface area (Å²) in [7, 11) is 0. The summed E-state index contributed by atoms with van der Waals surface area (Å²) in [5.74, 6) is 0. The lowest BCUT2D eigenvalue weighted by molar-refractivity contribution is 1.19. The number of fused-ring (bicyclic) bond motifs is 8. The predicted molar refractivity (Wildman–Crippen MR) is 230 cm³/mol. The number of nitrogens with zero attached hydrogens (tertiary/aromatic N) is 3. The molecule has 252 valence electrons. The Morgan fingerprint density at radius 1 is 0.327 bits per heavy atom. The molecule has 3 nitrogen and oxygen atoms in total. The Bertz CT molecular complexity index is 3530. The maximum atomic E-state index is 5.07. The molecule has 0 spiro atoms. The molecule has 0 saturated heterocycles. The highest BCUT2D eigenvalue weighted by Crippen LogP contribution is 2.59. The summed E-state index contributed by atoms with van der Waals surface area (Å²) in [6, 6.07) is 60.1. The Kier molecular flexibility index (Phi) is 5.63. The maximum absolute atomic E-state index is 5.07. The lowest BCUT2D eigenvalue weighted by Crippen LogP contribution is -1.96. The third kappa shape index (κ3) is 3.84. The van der Waals surface area contributed by atoms with Crippen LogP contribution in [0.4, 0.5) is 0 Å². The second-order valence-electron chi connectivity index (χ2n) is 14.9. The summed E-state index contributed by atoms with van der Waals surface area (Å²) in [6.45, 7) is 0. The van der Waals surface area contributed by atoms with Crippen LogP contribution in [0.3, 0.4) is 0 Å². The quantitative estimate of drug-likeness (QED) is 0.136. The van der Waals surface area contributed by atoms with Crippen molar-refractivity contribution in [1.82, 2.24) is 14.5 Å². The number of rotatable bonds is 3. The molecule has 3 heteroatoms. The minimum Gasteiger partial charge on any atom is -0.309 e. The van der Waals surface area contributed by atoms with Crippen molar-refractivity contribution < 1.29 is 0 Å². The van der Waals surface area contributed by atoms with Crippen LogP contribution in [0.5, 0.6) is 0 Å². The van der Waals surface area contributed by atoms with Crippen LogP contribution >= 0.6 is 0 Å². The molecule has 3 aromatic heterocycles. The van der Waals surface area contributed by atoms with Gasteiger partial charge in [0, 0.05) is 51.1 Å². The van der Waals surface area contributed by atoms with Gasteiger partial charge in [-0.15, -0.1) is 0 Å². The molecule has 0 aliphatic heterocycles. The smallest absolute Gasteiger partial charge is 0.0714 e. The summed E-state index contributed by atoms with van der Waals surface area (Å²) >= 11 is 0. The Labute approximate surface area is 315 Å². The van der Waals surface area contributed by atoms with Crippen molar-refractivity contribution in [2.24, 2.45) is 0 Å². The highest BCUT2D eigenvalue weighted by molar-refractivity contribution is 6.36. The van der Waals surface area contributed by atoms with Gasteiger partial charge in [-0.3, -0.25) is 9.97 Å². The van der Waals surface area contributed by atoms with Crippen molar-refractivity contribution in [1.29, 1.82) is 0 Å². The van der Waals surface area contributed by atoms with E-state index in [0.29, 0.717) is 0 Å². The molecule has 0 N–H and O–H groups in total. The number of aromatic nitrogens is 3. The molecule has 13 rings (SSSR count). The number of hydrogen-bond donors (Lipinski definition) is 0. The van der Waals surface area contributed by atoms with Crippen molar-refractivity contribution in [3.05, 3.63) is 176 Å². The van der Waals surface area contributed by atoms with Crippen molar-refractivity contribution in [3.63, 3.8) is 0 Å². The van der Waals surface area contributed by atoms with Crippen molar-refractivity contribution >= 4 is 75.7 Å². The second kappa shape index (κ2) is 10.6. The summed E-state index contributed by atoms with van der Waals surface area (Å²) < 4.78 is 2.44. The molecule has 12 aromatic rings. The summed E-state index contributed by atoms with van der Waals surface area (Å²) in [5.41, 5.74) is 12.8. The average Bonchev–Trinajstić information content (AvgIpc) is 3.75. The van der Waals surface area contributed by atoms with E-state index in [1.807, 2.05) is 24.5 Å². The van der Waals surface area contributed by atoms with E-state index in [0.717, 1.165) is 17.1 Å². The monoisotopic (exact) mass is 695 g/mol. The minimum absolute atomic E-state index is 0.972. The zero-order valence-corrected chi connectivity index (χ0v) is 29.6. The summed E-state index contributed by atoms with van der Waals surface area (Å²) in [4.78, 5) is 10.1. The highest BCUT2D eigenvalue weighted by atomic mass is 15.0. The first-order valence-corrected chi connectivity index (χ1v) is 18.9. The number of benzene rings is 9. The van der Waals surface area contributed by atoms with Crippen LogP contribution in [-0.2, 0) is 0 Å². The van der Waals surface area contributed by atoms with E-state index < -0.39 is 0 Å². The van der Waals surface area contributed by atoms with E-state index in [1.54, 1.807) is 0 Å². The van der Waals surface area contributed by atoms with E-state index in [1.165, 1.54) is 109 Å². The van der Waals surface area contributed by atoms with Crippen LogP contribution in [0, 0.1) is 0 Å². The molecule has 0 unspecified atom stereocenters. The van der Waals surface area contributed by atoms with Gasteiger partial charge in [0.05, 0.1) is 22.4 Å². The first-order chi connectivity index (χ1) is 27.3. The molecule has 0 fully saturated rings. The van der Waals surface area contributed by atoms with Gasteiger partial charge in [0.1, 0.15) is 0 Å². The van der Waals surface area contributed by atoms with Crippen molar-refractivity contribution in [3.8, 4) is 50.5 Å². The third-order valence-electron chi connectivity index (χ3n) is 12.1. The molecule has 0 saturated carbocycles. The average molecular weight is 696 g/mol. The maximum Gasteiger partial charge on any atom is 0.0714 e. The van der Waals surface area contributed by atoms with Crippen LogP contribution in [0.25, 0.3) is 126 Å². The van der Waals surface area contributed by atoms with E-state index >= 15 is 0 Å². The molecular formula is C52H29N3. The van der Waals surface area contributed by atoms with Gasteiger partial charge in [-0.25, -0.2) is 0 Å². The van der Waals surface area contributed by atoms with Gasteiger partial charge in [-0.05, 0) is 132 Å². The summed E-state index contributed by atoms with van der Waals surface area (Å²) in [6.07, 6.45) is 3.84. The van der Waals surface area contributed by atoms with E-state index in [9.17, 15) is 0 Å². The fraction of sp³-hybridized carbons (Fsp3) is 0. The third-order valence-corrected chi connectivity index (χ3v) is 12.1. The number of hydrogen-bond acceptors (Lipinski definition) is 2. The standard InChI is InChI=1S/C52H29N3/c1-2-12-32-28-40-39(27-31(32)11-1)49(42-15-7-9-23-53-42)51-38-22-21-30-19-20-33-25-35(55-44-17-5-3-13-36(44)37-14-4-6-18-45(37)55)26-34-29-41(48(38)47(30)46(33)34)52(51)50(40)43-16-8-10-24-54-43/h1-29H. The molecule has 55 heavy (non-hydrogen) atoms. The molecule has 3 heterocycles. The first kappa shape index (κ1) is 29.1. The van der Waals surface area contributed by atoms with Gasteiger partial charge in [-0.2, -0.15) is 0 Å². The Hall–Kier alpha value is -7.36. The zero-order valence-electron chi connectivity index (χ0n) is 29.6. The van der Waals surface area contributed by atoms with Crippen LogP contribution in [0.2, 0.25) is 0 Å². The minimum atomic E-state index is 0.972. The molecule has 1 aliphatic carbocycles. The molecule has 0 atom stereocenters. The predicted octanol–water partition coefficient (Wildman–Crippen LogP) is 13.8. The molecule has 0 amide bonds. The number of pyridine rings is 2. The Morgan fingerprint density at radius 2 is 0.873 bits per heavy atom. The topological polar surface area (TPSA) is 30.7 Å². The first-order valence-electron chi connectivity index (χ1n) is 18.9. The fourth-order valence-corrected chi connectivity index (χ4v) is 9.92. The van der Waals surface area contributed by atoms with Crippen LogP contribution < -0.4 is 0 Å². The summed E-state index contributed by atoms with van der Waals surface area (Å²) in [5, 5.41) is 15.0. The Morgan fingerprint density at radius 3 is 1.51 bits per heavy atom. The molecule has 0 radical (unpaired) electrons. The van der Waals surface area contributed by atoms with Crippen molar-refractivity contribution in [2.75, 3.05) is 0 Å². The lowest BCUT2D eigenvalue weighted by atomic mass is 9.84. The molecule has 1 aliphatic rings. The van der Waals surface area contributed by atoms with Crippen LogP contribution in [0.1, 0.15) is 0 Å². The van der Waals surface area contributed by atoms with E-state index in [4.69, 9.17) is 9.97 Å². The SMILES string of the molecule is c1ccc(-c2c3c(c(-c4ccccn4)c4cc5ccccc5cc24)-c2cc4cc(-n5c6ccccc6c6ccccc65)cc5ccc6ccc-3c2c6c54)nc1. The van der Waals surface area contributed by atoms with Gasteiger partial charge in [0.15, 0.2) is 0 Å². The van der Waals surface area contributed by atoms with Crippen LogP contribution in [-0.4, -0.2) is 14.5 Å². The highest BCUT2D eigenvalue weighted by Gasteiger charge is 2.33. The van der Waals surface area contributed by atoms with Gasteiger partial charge < -0.3 is 4.57 Å². The van der Waals surface area contributed by atoms with Gasteiger partial charge in [0.2, 0.25) is 0 Å². The van der Waals surface area contributed by atoms with Crippen LogP contribution in [0.15, 0.2) is 176 Å². The molecule has 9 aromatic carbocycles.